The van der Waals surface area contributed by atoms with Crippen molar-refractivity contribution < 1.29 is 0 Å². The molecule has 2 aromatic carbocycles. The third kappa shape index (κ3) is 3.01. The molecule has 0 aliphatic carbocycles. The highest BCUT2D eigenvalue weighted by molar-refractivity contribution is 6.30. The predicted octanol–water partition coefficient (Wildman–Crippen LogP) is 4.94. The smallest absolute Gasteiger partial charge is 0.0926 e. The molecule has 21 heavy (non-hydrogen) atoms. The Kier molecular flexibility index (Phi) is 3.80. The van der Waals surface area contributed by atoms with Gasteiger partial charge in [-0.1, -0.05) is 41.9 Å². The van der Waals surface area contributed by atoms with E-state index in [4.69, 9.17) is 11.6 Å². The van der Waals surface area contributed by atoms with E-state index in [1.54, 1.807) is 0 Å². The van der Waals surface area contributed by atoms with Crippen LogP contribution in [0.15, 0.2) is 48.5 Å². The third-order valence-corrected chi connectivity index (χ3v) is 3.97. The van der Waals surface area contributed by atoms with Crippen LogP contribution in [0.5, 0.6) is 0 Å². The molecule has 0 unspecified atom stereocenters. The Labute approximate surface area is 129 Å². The first-order valence-electron chi connectivity index (χ1n) is 6.99. The van der Waals surface area contributed by atoms with Gasteiger partial charge in [-0.3, -0.25) is 5.10 Å². The molecular weight excluding hydrogens is 280 g/mol. The zero-order valence-electron chi connectivity index (χ0n) is 12.2. The maximum atomic E-state index is 6.00. The van der Waals surface area contributed by atoms with Crippen molar-refractivity contribution in [1.29, 1.82) is 0 Å². The molecule has 0 amide bonds. The van der Waals surface area contributed by atoms with Crippen LogP contribution >= 0.6 is 11.6 Å². The SMILES string of the molecule is Cc1cc(Cl)ccc1Cc1cc(-c2ccccc2C)n[nH]1. The van der Waals surface area contributed by atoms with E-state index in [9.17, 15) is 0 Å². The molecule has 0 aliphatic rings. The molecule has 3 rings (SSSR count). The molecule has 0 saturated heterocycles. The standard InChI is InChI=1S/C18H17ClN2/c1-12-5-3-4-6-17(12)18-11-16(20-21-18)10-14-7-8-15(19)9-13(14)2/h3-9,11H,10H2,1-2H3,(H,20,21). The minimum atomic E-state index is 0.779. The average molecular weight is 297 g/mol. The van der Waals surface area contributed by atoms with Crippen LogP contribution in [0.2, 0.25) is 5.02 Å². The second-order valence-corrected chi connectivity index (χ2v) is 5.78. The van der Waals surface area contributed by atoms with Crippen molar-refractivity contribution in [3.8, 4) is 11.3 Å². The first kappa shape index (κ1) is 13.9. The zero-order chi connectivity index (χ0) is 14.8. The number of benzene rings is 2. The first-order valence-corrected chi connectivity index (χ1v) is 7.36. The lowest BCUT2D eigenvalue weighted by Gasteiger charge is -2.04. The molecule has 3 aromatic rings. The van der Waals surface area contributed by atoms with Crippen molar-refractivity contribution in [1.82, 2.24) is 10.2 Å². The number of aromatic nitrogens is 2. The normalized spacial score (nSPS) is 10.8. The highest BCUT2D eigenvalue weighted by atomic mass is 35.5. The van der Waals surface area contributed by atoms with Gasteiger partial charge in [-0.15, -0.1) is 0 Å². The van der Waals surface area contributed by atoms with Crippen molar-refractivity contribution in [2.75, 3.05) is 0 Å². The van der Waals surface area contributed by atoms with Crippen LogP contribution in [0.3, 0.4) is 0 Å². The van der Waals surface area contributed by atoms with Crippen molar-refractivity contribution in [2.24, 2.45) is 0 Å². The summed E-state index contributed by atoms with van der Waals surface area (Å²) in [6.45, 7) is 4.19. The topological polar surface area (TPSA) is 28.7 Å². The highest BCUT2D eigenvalue weighted by Gasteiger charge is 2.08. The van der Waals surface area contributed by atoms with Crippen molar-refractivity contribution in [3.63, 3.8) is 0 Å². The molecule has 106 valence electrons. The highest BCUT2D eigenvalue weighted by Crippen LogP contribution is 2.23. The number of aromatic amines is 1. The third-order valence-electron chi connectivity index (χ3n) is 3.74. The largest absolute Gasteiger partial charge is 0.282 e. The van der Waals surface area contributed by atoms with E-state index >= 15 is 0 Å². The molecule has 0 spiro atoms. The van der Waals surface area contributed by atoms with Gasteiger partial charge in [0.05, 0.1) is 5.69 Å². The first-order chi connectivity index (χ1) is 10.1. The van der Waals surface area contributed by atoms with Crippen LogP contribution in [-0.4, -0.2) is 10.2 Å². The summed E-state index contributed by atoms with van der Waals surface area (Å²) >= 11 is 6.00. The molecule has 3 heteroatoms. The monoisotopic (exact) mass is 296 g/mol. The maximum absolute atomic E-state index is 6.00. The fraction of sp³-hybridized carbons (Fsp3) is 0.167. The van der Waals surface area contributed by atoms with Gasteiger partial charge in [0.2, 0.25) is 0 Å². The van der Waals surface area contributed by atoms with Gasteiger partial charge in [0.1, 0.15) is 0 Å². The number of nitrogens with one attached hydrogen (secondary N) is 1. The number of hydrogen-bond donors (Lipinski definition) is 1. The molecule has 0 aliphatic heterocycles. The second kappa shape index (κ2) is 5.74. The molecule has 0 fully saturated rings. The van der Waals surface area contributed by atoms with Gasteiger partial charge < -0.3 is 0 Å². The van der Waals surface area contributed by atoms with Gasteiger partial charge in [-0.05, 0) is 48.7 Å². The van der Waals surface area contributed by atoms with Gasteiger partial charge in [0, 0.05) is 22.7 Å². The summed E-state index contributed by atoms with van der Waals surface area (Å²) in [4.78, 5) is 0. The summed E-state index contributed by atoms with van der Waals surface area (Å²) in [7, 11) is 0. The Bertz CT molecular complexity index is 774. The Morgan fingerprint density at radius 3 is 2.57 bits per heavy atom. The Hall–Kier alpha value is -2.06. The van der Waals surface area contributed by atoms with Crippen LogP contribution < -0.4 is 0 Å². The summed E-state index contributed by atoms with van der Waals surface area (Å²) in [5.74, 6) is 0. The maximum Gasteiger partial charge on any atom is 0.0926 e. The van der Waals surface area contributed by atoms with E-state index in [0.29, 0.717) is 0 Å². The van der Waals surface area contributed by atoms with E-state index < -0.39 is 0 Å². The number of aryl methyl sites for hydroxylation is 2. The molecule has 2 nitrogen and oxygen atoms in total. The summed E-state index contributed by atoms with van der Waals surface area (Å²) < 4.78 is 0. The van der Waals surface area contributed by atoms with Crippen LogP contribution in [0.25, 0.3) is 11.3 Å². The molecule has 1 aromatic heterocycles. The van der Waals surface area contributed by atoms with E-state index in [2.05, 4.69) is 48.3 Å². The minimum absolute atomic E-state index is 0.779. The van der Waals surface area contributed by atoms with Crippen molar-refractivity contribution in [3.05, 3.63) is 75.9 Å². The van der Waals surface area contributed by atoms with Gasteiger partial charge in [0.15, 0.2) is 0 Å². The molecule has 0 atom stereocenters. The number of halogens is 1. The van der Waals surface area contributed by atoms with Crippen LogP contribution in [0, 0.1) is 13.8 Å². The van der Waals surface area contributed by atoms with Gasteiger partial charge >= 0.3 is 0 Å². The number of H-pyrrole nitrogens is 1. The van der Waals surface area contributed by atoms with E-state index in [1.807, 2.05) is 24.3 Å². The second-order valence-electron chi connectivity index (χ2n) is 5.34. The number of nitrogens with zero attached hydrogens (tertiary/aromatic N) is 1. The summed E-state index contributed by atoms with van der Waals surface area (Å²) in [5, 5.41) is 8.36. The molecular formula is C18H17ClN2. The van der Waals surface area contributed by atoms with Crippen molar-refractivity contribution in [2.45, 2.75) is 20.3 Å². The molecule has 1 N–H and O–H groups in total. The number of rotatable bonds is 3. The number of hydrogen-bond acceptors (Lipinski definition) is 1. The molecule has 0 radical (unpaired) electrons. The predicted molar refractivity (Wildman–Crippen MR) is 87.8 cm³/mol. The van der Waals surface area contributed by atoms with E-state index in [-0.39, 0.29) is 0 Å². The van der Waals surface area contributed by atoms with Gasteiger partial charge in [0.25, 0.3) is 0 Å². The Morgan fingerprint density at radius 1 is 1.00 bits per heavy atom. The molecule has 0 saturated carbocycles. The lowest BCUT2D eigenvalue weighted by molar-refractivity contribution is 0.992. The quantitative estimate of drug-likeness (QED) is 0.729. The van der Waals surface area contributed by atoms with Crippen molar-refractivity contribution >= 4 is 11.6 Å². The van der Waals surface area contributed by atoms with E-state index in [0.717, 1.165) is 22.8 Å². The van der Waals surface area contributed by atoms with Crippen LogP contribution in [-0.2, 0) is 6.42 Å². The van der Waals surface area contributed by atoms with E-state index in [1.165, 1.54) is 22.3 Å². The van der Waals surface area contributed by atoms with Gasteiger partial charge in [-0.25, -0.2) is 0 Å². The van der Waals surface area contributed by atoms with Crippen LogP contribution in [0.1, 0.15) is 22.4 Å². The summed E-state index contributed by atoms with van der Waals surface area (Å²) in [6.07, 6.45) is 0.835. The Balaban J connectivity index is 1.87. The zero-order valence-corrected chi connectivity index (χ0v) is 12.9. The molecule has 1 heterocycles. The minimum Gasteiger partial charge on any atom is -0.282 e. The molecule has 0 bridgehead atoms. The summed E-state index contributed by atoms with van der Waals surface area (Å²) in [6, 6.07) is 16.4. The fourth-order valence-corrected chi connectivity index (χ4v) is 2.74. The van der Waals surface area contributed by atoms with Crippen LogP contribution in [0.4, 0.5) is 0 Å². The summed E-state index contributed by atoms with van der Waals surface area (Å²) in [5.41, 5.74) is 6.98. The van der Waals surface area contributed by atoms with Gasteiger partial charge in [-0.2, -0.15) is 5.10 Å². The Morgan fingerprint density at radius 2 is 1.81 bits per heavy atom. The lowest BCUT2D eigenvalue weighted by Crippen LogP contribution is -1.91. The fourth-order valence-electron chi connectivity index (χ4n) is 2.51. The average Bonchev–Trinajstić information content (AvgIpc) is 2.91. The lowest BCUT2D eigenvalue weighted by atomic mass is 10.0.